The Hall–Kier alpha value is -3.50. The van der Waals surface area contributed by atoms with E-state index in [0.29, 0.717) is 49.0 Å². The first-order chi connectivity index (χ1) is 13.7. The van der Waals surface area contributed by atoms with Crippen LogP contribution in [0.25, 0.3) is 22.3 Å². The SMILES string of the molecule is CC#CC(=O)Nc1cccc(-c2coc3c(=O)cc(N4CCOCC4)oc23)c1. The van der Waals surface area contributed by atoms with Crippen LogP contribution in [0.5, 0.6) is 0 Å². The van der Waals surface area contributed by atoms with Crippen LogP contribution in [-0.4, -0.2) is 32.2 Å². The number of carbonyl (C=O) groups excluding carboxylic acids is 1. The van der Waals surface area contributed by atoms with Gasteiger partial charge in [0.1, 0.15) is 6.26 Å². The zero-order valence-electron chi connectivity index (χ0n) is 15.3. The van der Waals surface area contributed by atoms with Crippen molar-refractivity contribution in [1.29, 1.82) is 0 Å². The maximum absolute atomic E-state index is 12.5. The first-order valence-electron chi connectivity index (χ1n) is 8.88. The minimum Gasteiger partial charge on any atom is -0.456 e. The molecule has 3 aromatic rings. The van der Waals surface area contributed by atoms with Gasteiger partial charge < -0.3 is 23.8 Å². The monoisotopic (exact) mass is 378 g/mol. The minimum absolute atomic E-state index is 0.165. The van der Waals surface area contributed by atoms with Crippen LogP contribution in [0, 0.1) is 11.8 Å². The number of morpholine rings is 1. The van der Waals surface area contributed by atoms with Gasteiger partial charge in [-0.15, -0.1) is 0 Å². The van der Waals surface area contributed by atoms with Crippen LogP contribution in [0.2, 0.25) is 0 Å². The quantitative estimate of drug-likeness (QED) is 0.706. The van der Waals surface area contributed by atoms with E-state index >= 15 is 0 Å². The Kier molecular flexibility index (Phi) is 4.87. The van der Waals surface area contributed by atoms with E-state index in [2.05, 4.69) is 17.2 Å². The fourth-order valence-electron chi connectivity index (χ4n) is 3.11. The number of benzene rings is 1. The predicted molar refractivity (Wildman–Crippen MR) is 105 cm³/mol. The Morgan fingerprint density at radius 1 is 1.18 bits per heavy atom. The van der Waals surface area contributed by atoms with Crippen molar-refractivity contribution in [3.8, 4) is 23.0 Å². The summed E-state index contributed by atoms with van der Waals surface area (Å²) in [5.74, 6) is 5.09. The van der Waals surface area contributed by atoms with Gasteiger partial charge in [-0.25, -0.2) is 0 Å². The Morgan fingerprint density at radius 3 is 2.79 bits per heavy atom. The molecule has 0 saturated carbocycles. The number of anilines is 2. The van der Waals surface area contributed by atoms with Crippen molar-refractivity contribution >= 4 is 28.6 Å². The number of amides is 1. The Balaban J connectivity index is 1.74. The second-order valence-corrected chi connectivity index (χ2v) is 6.27. The molecule has 1 aromatic carbocycles. The van der Waals surface area contributed by atoms with Crippen LogP contribution >= 0.6 is 0 Å². The number of furan rings is 1. The van der Waals surface area contributed by atoms with Gasteiger partial charge in [-0.3, -0.25) is 9.59 Å². The number of nitrogens with one attached hydrogen (secondary N) is 1. The largest absolute Gasteiger partial charge is 0.456 e. The van der Waals surface area contributed by atoms with Gasteiger partial charge >= 0.3 is 0 Å². The Bertz CT molecular complexity index is 1140. The van der Waals surface area contributed by atoms with Crippen LogP contribution in [-0.2, 0) is 9.53 Å². The third-order valence-corrected chi connectivity index (χ3v) is 4.42. The van der Waals surface area contributed by atoms with Crippen molar-refractivity contribution in [3.63, 3.8) is 0 Å². The average Bonchev–Trinajstić information content (AvgIpc) is 3.14. The molecule has 1 amide bonds. The average molecular weight is 378 g/mol. The van der Waals surface area contributed by atoms with E-state index in [9.17, 15) is 9.59 Å². The van der Waals surface area contributed by atoms with Crippen molar-refractivity contribution in [2.45, 2.75) is 6.92 Å². The lowest BCUT2D eigenvalue weighted by molar-refractivity contribution is -0.111. The summed E-state index contributed by atoms with van der Waals surface area (Å²) < 4.78 is 16.9. The molecule has 142 valence electrons. The molecule has 7 nitrogen and oxygen atoms in total. The molecule has 28 heavy (non-hydrogen) atoms. The molecule has 2 aromatic heterocycles. The second kappa shape index (κ2) is 7.62. The smallest absolute Gasteiger partial charge is 0.300 e. The number of ether oxygens (including phenoxy) is 1. The normalized spacial score (nSPS) is 13.8. The molecule has 0 spiro atoms. The molecule has 0 unspecified atom stereocenters. The molecule has 7 heteroatoms. The van der Waals surface area contributed by atoms with Crippen LogP contribution < -0.4 is 15.6 Å². The maximum Gasteiger partial charge on any atom is 0.300 e. The van der Waals surface area contributed by atoms with Crippen molar-refractivity contribution in [1.82, 2.24) is 0 Å². The molecule has 0 atom stereocenters. The summed E-state index contributed by atoms with van der Waals surface area (Å²) in [5, 5.41) is 2.71. The molecule has 1 aliphatic rings. The van der Waals surface area contributed by atoms with Crippen molar-refractivity contribution < 1.29 is 18.4 Å². The summed E-state index contributed by atoms with van der Waals surface area (Å²) in [6.07, 6.45) is 1.49. The highest BCUT2D eigenvalue weighted by atomic mass is 16.5. The molecule has 0 bridgehead atoms. The number of hydrogen-bond acceptors (Lipinski definition) is 6. The molecule has 3 heterocycles. The molecule has 4 rings (SSSR count). The van der Waals surface area contributed by atoms with Gasteiger partial charge in [0.2, 0.25) is 11.0 Å². The van der Waals surface area contributed by atoms with Gasteiger partial charge in [0.25, 0.3) is 5.91 Å². The van der Waals surface area contributed by atoms with E-state index in [4.69, 9.17) is 13.6 Å². The summed E-state index contributed by atoms with van der Waals surface area (Å²) >= 11 is 0. The van der Waals surface area contributed by atoms with E-state index in [0.717, 1.165) is 5.56 Å². The fourth-order valence-corrected chi connectivity index (χ4v) is 3.11. The maximum atomic E-state index is 12.5. The van der Waals surface area contributed by atoms with Gasteiger partial charge in [-0.05, 0) is 30.5 Å². The molecule has 1 aliphatic heterocycles. The molecular weight excluding hydrogens is 360 g/mol. The summed E-state index contributed by atoms with van der Waals surface area (Å²) in [7, 11) is 0. The first-order valence-corrected chi connectivity index (χ1v) is 8.88. The Morgan fingerprint density at radius 2 is 2.00 bits per heavy atom. The highest BCUT2D eigenvalue weighted by Gasteiger charge is 2.19. The van der Waals surface area contributed by atoms with Crippen molar-refractivity contribution in [3.05, 3.63) is 46.8 Å². The first kappa shape index (κ1) is 17.9. The van der Waals surface area contributed by atoms with Gasteiger partial charge in [0.15, 0.2) is 11.5 Å². The lowest BCUT2D eigenvalue weighted by atomic mass is 10.1. The number of nitrogens with zero attached hydrogens (tertiary/aromatic N) is 1. The molecule has 1 N–H and O–H groups in total. The van der Waals surface area contributed by atoms with Crippen molar-refractivity contribution in [2.24, 2.45) is 0 Å². The zero-order valence-corrected chi connectivity index (χ0v) is 15.3. The Labute approximate surface area is 160 Å². The number of carbonyl (C=O) groups is 1. The molecular formula is C21H18N2O5. The lowest BCUT2D eigenvalue weighted by Gasteiger charge is -2.26. The fraction of sp³-hybridized carbons (Fsp3) is 0.238. The number of rotatable bonds is 3. The van der Waals surface area contributed by atoms with Gasteiger partial charge in [-0.1, -0.05) is 18.1 Å². The molecule has 1 saturated heterocycles. The van der Waals surface area contributed by atoms with Crippen LogP contribution in [0.15, 0.2) is 50.2 Å². The van der Waals surface area contributed by atoms with Crippen LogP contribution in [0.4, 0.5) is 11.6 Å². The second-order valence-electron chi connectivity index (χ2n) is 6.27. The topological polar surface area (TPSA) is 84.9 Å². The zero-order chi connectivity index (χ0) is 19.5. The van der Waals surface area contributed by atoms with E-state index in [1.807, 2.05) is 11.0 Å². The predicted octanol–water partition coefficient (Wildman–Crippen LogP) is 2.85. The summed E-state index contributed by atoms with van der Waals surface area (Å²) in [6, 6.07) is 8.64. The third-order valence-electron chi connectivity index (χ3n) is 4.42. The van der Waals surface area contributed by atoms with E-state index in [1.54, 1.807) is 25.1 Å². The molecule has 1 fully saturated rings. The molecule has 0 aliphatic carbocycles. The van der Waals surface area contributed by atoms with Crippen LogP contribution in [0.1, 0.15) is 6.92 Å². The standard InChI is InChI=1S/C21H18N2O5/c1-2-4-18(25)22-15-6-3-5-14(11-15)16-13-27-21-17(24)12-19(28-20(16)21)23-7-9-26-10-8-23/h3,5-6,11-13H,7-10H2,1H3,(H,22,25). The van der Waals surface area contributed by atoms with E-state index in [1.165, 1.54) is 12.3 Å². The van der Waals surface area contributed by atoms with Crippen LogP contribution in [0.3, 0.4) is 0 Å². The van der Waals surface area contributed by atoms with Gasteiger partial charge in [-0.2, -0.15) is 0 Å². The van der Waals surface area contributed by atoms with Crippen molar-refractivity contribution in [2.75, 3.05) is 36.5 Å². The summed E-state index contributed by atoms with van der Waals surface area (Å²) in [4.78, 5) is 26.2. The van der Waals surface area contributed by atoms with Gasteiger partial charge in [0, 0.05) is 18.8 Å². The molecule has 0 radical (unpaired) electrons. The number of fused-ring (bicyclic) bond motifs is 1. The van der Waals surface area contributed by atoms with E-state index < -0.39 is 5.91 Å². The summed E-state index contributed by atoms with van der Waals surface area (Å²) in [6.45, 7) is 4.08. The number of hydrogen-bond donors (Lipinski definition) is 1. The lowest BCUT2D eigenvalue weighted by Crippen LogP contribution is -2.36. The third kappa shape index (κ3) is 3.50. The highest BCUT2D eigenvalue weighted by Crippen LogP contribution is 2.32. The summed E-state index contributed by atoms with van der Waals surface area (Å²) in [5.41, 5.74) is 2.29. The van der Waals surface area contributed by atoms with E-state index in [-0.39, 0.29) is 11.0 Å². The van der Waals surface area contributed by atoms with Gasteiger partial charge in [0.05, 0.1) is 24.8 Å². The minimum atomic E-state index is -0.391. The highest BCUT2D eigenvalue weighted by molar-refractivity contribution is 6.04.